The normalized spacial score (nSPS) is 29.1. The molecular weight excluding hydrogens is 174 g/mol. The van der Waals surface area contributed by atoms with Gasteiger partial charge in [-0.05, 0) is 45.6 Å². The lowest BCUT2D eigenvalue weighted by Gasteiger charge is -2.30. The lowest BCUT2D eigenvalue weighted by molar-refractivity contribution is 0.0690. The van der Waals surface area contributed by atoms with Crippen LogP contribution in [0.5, 0.6) is 0 Å². The Morgan fingerprint density at radius 3 is 2.50 bits per heavy atom. The highest BCUT2D eigenvalue weighted by molar-refractivity contribution is 4.79. The van der Waals surface area contributed by atoms with Gasteiger partial charge < -0.3 is 10.4 Å². The first-order valence-corrected chi connectivity index (χ1v) is 5.95. The standard InChI is InChI=1S/C12H25NO/c1-10-6-4-5-7-11(10)13-9-8-12(2,3)14/h10-11,13-14H,4-9H2,1-3H3. The summed E-state index contributed by atoms with van der Waals surface area (Å²) < 4.78 is 0. The molecule has 2 unspecified atom stereocenters. The first-order chi connectivity index (χ1) is 6.49. The van der Waals surface area contributed by atoms with E-state index in [1.165, 1.54) is 25.7 Å². The van der Waals surface area contributed by atoms with Crippen LogP contribution in [-0.4, -0.2) is 23.3 Å². The van der Waals surface area contributed by atoms with Crippen LogP contribution in [0, 0.1) is 5.92 Å². The van der Waals surface area contributed by atoms with Gasteiger partial charge in [0.25, 0.3) is 0 Å². The third kappa shape index (κ3) is 4.43. The van der Waals surface area contributed by atoms with Crippen molar-refractivity contribution in [3.05, 3.63) is 0 Å². The van der Waals surface area contributed by atoms with E-state index in [0.717, 1.165) is 18.9 Å². The number of hydrogen-bond donors (Lipinski definition) is 2. The molecule has 84 valence electrons. The van der Waals surface area contributed by atoms with E-state index in [-0.39, 0.29) is 0 Å². The third-order valence-electron chi connectivity index (χ3n) is 3.25. The Morgan fingerprint density at radius 1 is 1.29 bits per heavy atom. The van der Waals surface area contributed by atoms with Gasteiger partial charge in [-0.15, -0.1) is 0 Å². The summed E-state index contributed by atoms with van der Waals surface area (Å²) in [5.41, 5.74) is -0.523. The van der Waals surface area contributed by atoms with Crippen LogP contribution < -0.4 is 5.32 Å². The Balaban J connectivity index is 2.17. The quantitative estimate of drug-likeness (QED) is 0.728. The summed E-state index contributed by atoms with van der Waals surface area (Å²) in [5.74, 6) is 0.811. The number of hydrogen-bond acceptors (Lipinski definition) is 2. The van der Waals surface area contributed by atoms with Crippen LogP contribution in [0.1, 0.15) is 52.9 Å². The fraction of sp³-hybridized carbons (Fsp3) is 1.00. The van der Waals surface area contributed by atoms with Gasteiger partial charge in [-0.2, -0.15) is 0 Å². The number of rotatable bonds is 4. The van der Waals surface area contributed by atoms with Gasteiger partial charge in [-0.1, -0.05) is 19.8 Å². The highest BCUT2D eigenvalue weighted by atomic mass is 16.3. The van der Waals surface area contributed by atoms with Gasteiger partial charge >= 0.3 is 0 Å². The van der Waals surface area contributed by atoms with Crippen molar-refractivity contribution in [1.29, 1.82) is 0 Å². The summed E-state index contributed by atoms with van der Waals surface area (Å²) in [6, 6.07) is 0.686. The monoisotopic (exact) mass is 199 g/mol. The molecule has 1 saturated carbocycles. The van der Waals surface area contributed by atoms with Crippen molar-refractivity contribution in [3.63, 3.8) is 0 Å². The molecule has 0 spiro atoms. The zero-order valence-corrected chi connectivity index (χ0v) is 9.84. The van der Waals surface area contributed by atoms with Crippen molar-refractivity contribution in [2.24, 2.45) is 5.92 Å². The molecular formula is C12H25NO. The molecule has 1 fully saturated rings. The Bertz CT molecular complexity index is 162. The van der Waals surface area contributed by atoms with Gasteiger partial charge in [0.1, 0.15) is 0 Å². The summed E-state index contributed by atoms with van der Waals surface area (Å²) in [4.78, 5) is 0. The van der Waals surface area contributed by atoms with E-state index in [1.807, 2.05) is 13.8 Å². The number of nitrogens with one attached hydrogen (secondary N) is 1. The third-order valence-corrected chi connectivity index (χ3v) is 3.25. The molecule has 1 aliphatic rings. The second-order valence-corrected chi connectivity index (χ2v) is 5.38. The van der Waals surface area contributed by atoms with E-state index in [0.29, 0.717) is 6.04 Å². The van der Waals surface area contributed by atoms with Crippen molar-refractivity contribution in [2.75, 3.05) is 6.54 Å². The van der Waals surface area contributed by atoms with Crippen LogP contribution in [0.3, 0.4) is 0 Å². The maximum absolute atomic E-state index is 9.57. The van der Waals surface area contributed by atoms with Gasteiger partial charge in [0, 0.05) is 6.04 Å². The van der Waals surface area contributed by atoms with E-state index >= 15 is 0 Å². The molecule has 14 heavy (non-hydrogen) atoms. The summed E-state index contributed by atoms with van der Waals surface area (Å²) >= 11 is 0. The van der Waals surface area contributed by atoms with Crippen LogP contribution >= 0.6 is 0 Å². The lowest BCUT2D eigenvalue weighted by atomic mass is 9.86. The van der Waals surface area contributed by atoms with Crippen LogP contribution in [0.25, 0.3) is 0 Å². The summed E-state index contributed by atoms with van der Waals surface area (Å²) in [7, 11) is 0. The first kappa shape index (κ1) is 12.0. The summed E-state index contributed by atoms with van der Waals surface area (Å²) in [6.07, 6.45) is 6.28. The van der Waals surface area contributed by atoms with Crippen molar-refractivity contribution >= 4 is 0 Å². The van der Waals surface area contributed by atoms with Crippen molar-refractivity contribution < 1.29 is 5.11 Å². The molecule has 0 bridgehead atoms. The molecule has 2 N–H and O–H groups in total. The maximum atomic E-state index is 9.57. The van der Waals surface area contributed by atoms with Crippen molar-refractivity contribution in [1.82, 2.24) is 5.32 Å². The van der Waals surface area contributed by atoms with Crippen molar-refractivity contribution in [2.45, 2.75) is 64.5 Å². The van der Waals surface area contributed by atoms with Crippen LogP contribution in [0.15, 0.2) is 0 Å². The molecule has 0 saturated heterocycles. The smallest absolute Gasteiger partial charge is 0.0603 e. The summed E-state index contributed by atoms with van der Waals surface area (Å²) in [5, 5.41) is 13.1. The van der Waals surface area contributed by atoms with Gasteiger partial charge in [0.15, 0.2) is 0 Å². The van der Waals surface area contributed by atoms with Gasteiger partial charge in [0.05, 0.1) is 5.60 Å². The van der Waals surface area contributed by atoms with Gasteiger partial charge in [0.2, 0.25) is 0 Å². The zero-order chi connectivity index (χ0) is 10.6. The molecule has 0 aromatic rings. The lowest BCUT2D eigenvalue weighted by Crippen LogP contribution is -2.39. The zero-order valence-electron chi connectivity index (χ0n) is 9.84. The van der Waals surface area contributed by atoms with E-state index in [1.54, 1.807) is 0 Å². The predicted molar refractivity (Wildman–Crippen MR) is 60.3 cm³/mol. The predicted octanol–water partition coefficient (Wildman–Crippen LogP) is 2.32. The molecule has 0 aromatic carbocycles. The Morgan fingerprint density at radius 2 is 1.93 bits per heavy atom. The molecule has 2 atom stereocenters. The minimum Gasteiger partial charge on any atom is -0.390 e. The molecule has 2 nitrogen and oxygen atoms in total. The Hall–Kier alpha value is -0.0800. The van der Waals surface area contributed by atoms with E-state index < -0.39 is 5.60 Å². The Kier molecular flexibility index (Phi) is 4.39. The average Bonchev–Trinajstić information content (AvgIpc) is 2.06. The SMILES string of the molecule is CC1CCCCC1NCCC(C)(C)O. The van der Waals surface area contributed by atoms with Crippen molar-refractivity contribution in [3.8, 4) is 0 Å². The largest absolute Gasteiger partial charge is 0.390 e. The summed E-state index contributed by atoms with van der Waals surface area (Å²) in [6.45, 7) is 7.03. The minimum absolute atomic E-state index is 0.523. The molecule has 0 heterocycles. The Labute approximate surface area is 88.1 Å². The van der Waals surface area contributed by atoms with Gasteiger partial charge in [-0.25, -0.2) is 0 Å². The first-order valence-electron chi connectivity index (χ1n) is 5.95. The minimum atomic E-state index is -0.523. The molecule has 0 amide bonds. The fourth-order valence-corrected chi connectivity index (χ4v) is 2.18. The van der Waals surface area contributed by atoms with E-state index in [9.17, 15) is 5.11 Å². The molecule has 0 aromatic heterocycles. The topological polar surface area (TPSA) is 32.3 Å². The number of aliphatic hydroxyl groups is 1. The van der Waals surface area contributed by atoms with Crippen LogP contribution in [-0.2, 0) is 0 Å². The highest BCUT2D eigenvalue weighted by Crippen LogP contribution is 2.23. The highest BCUT2D eigenvalue weighted by Gasteiger charge is 2.21. The molecule has 0 aliphatic heterocycles. The second-order valence-electron chi connectivity index (χ2n) is 5.38. The molecule has 2 heteroatoms. The average molecular weight is 199 g/mol. The molecule has 1 rings (SSSR count). The molecule has 0 radical (unpaired) electrons. The van der Waals surface area contributed by atoms with Crippen LogP contribution in [0.2, 0.25) is 0 Å². The second kappa shape index (κ2) is 5.13. The van der Waals surface area contributed by atoms with Crippen LogP contribution in [0.4, 0.5) is 0 Å². The van der Waals surface area contributed by atoms with E-state index in [2.05, 4.69) is 12.2 Å². The fourth-order valence-electron chi connectivity index (χ4n) is 2.18. The maximum Gasteiger partial charge on any atom is 0.0603 e. The van der Waals surface area contributed by atoms with Gasteiger partial charge in [-0.3, -0.25) is 0 Å². The molecule has 1 aliphatic carbocycles. The van der Waals surface area contributed by atoms with E-state index in [4.69, 9.17) is 0 Å².